The number of hydrogen-bond acceptors (Lipinski definition) is 3. The van der Waals surface area contributed by atoms with E-state index >= 15 is 0 Å². The maximum Gasteiger partial charge on any atom is 0.337 e. The Morgan fingerprint density at radius 3 is 2.59 bits per heavy atom. The van der Waals surface area contributed by atoms with E-state index in [1.54, 1.807) is 0 Å². The number of nitrogens with one attached hydrogen (secondary N) is 1. The minimum Gasteiger partial charge on any atom is -0.465 e. The fourth-order valence-electron chi connectivity index (χ4n) is 1.92. The van der Waals surface area contributed by atoms with Crippen molar-refractivity contribution in [1.82, 2.24) is 5.32 Å². The predicted molar refractivity (Wildman–Crippen MR) is 66.8 cm³/mol. The van der Waals surface area contributed by atoms with E-state index in [-0.39, 0.29) is 5.97 Å². The molecule has 0 saturated heterocycles. The van der Waals surface area contributed by atoms with Crippen molar-refractivity contribution in [1.29, 1.82) is 0 Å². The van der Waals surface area contributed by atoms with Crippen LogP contribution in [0.3, 0.4) is 0 Å². The maximum atomic E-state index is 11.3. The summed E-state index contributed by atoms with van der Waals surface area (Å²) >= 11 is 0. The summed E-state index contributed by atoms with van der Waals surface area (Å²) in [7, 11) is 1.40. The monoisotopic (exact) mass is 233 g/mol. The minimum atomic E-state index is -0.282. The third-order valence-corrected chi connectivity index (χ3v) is 3.33. The number of esters is 1. The summed E-state index contributed by atoms with van der Waals surface area (Å²) in [5.74, 6) is 0.584. The van der Waals surface area contributed by atoms with Crippen LogP contribution in [0.5, 0.6) is 0 Å². The van der Waals surface area contributed by atoms with Gasteiger partial charge in [0, 0.05) is 12.6 Å². The van der Waals surface area contributed by atoms with Crippen LogP contribution in [0.25, 0.3) is 0 Å². The first kappa shape index (κ1) is 12.1. The maximum absolute atomic E-state index is 11.3. The highest BCUT2D eigenvalue weighted by Gasteiger charge is 2.27. The Balaban J connectivity index is 1.86. The van der Waals surface area contributed by atoms with Crippen LogP contribution >= 0.6 is 0 Å². The van der Waals surface area contributed by atoms with Gasteiger partial charge in [-0.25, -0.2) is 4.79 Å². The van der Waals surface area contributed by atoms with Crippen molar-refractivity contribution in [2.45, 2.75) is 32.4 Å². The molecule has 17 heavy (non-hydrogen) atoms. The zero-order valence-corrected chi connectivity index (χ0v) is 10.4. The van der Waals surface area contributed by atoms with E-state index < -0.39 is 0 Å². The summed E-state index contributed by atoms with van der Waals surface area (Å²) in [6.45, 7) is 3.10. The van der Waals surface area contributed by atoms with Gasteiger partial charge in [-0.15, -0.1) is 0 Å². The molecule has 1 aromatic rings. The predicted octanol–water partition coefficient (Wildman–Crippen LogP) is 2.36. The molecule has 1 atom stereocenters. The minimum absolute atomic E-state index is 0.282. The Kier molecular flexibility index (Phi) is 3.79. The highest BCUT2D eigenvalue weighted by molar-refractivity contribution is 5.89. The van der Waals surface area contributed by atoms with Crippen molar-refractivity contribution in [2.24, 2.45) is 5.92 Å². The lowest BCUT2D eigenvalue weighted by molar-refractivity contribution is 0.0600. The van der Waals surface area contributed by atoms with Gasteiger partial charge < -0.3 is 10.1 Å². The molecule has 1 saturated carbocycles. The smallest absolute Gasteiger partial charge is 0.337 e. The average molecular weight is 233 g/mol. The van der Waals surface area contributed by atoms with Crippen molar-refractivity contribution >= 4 is 5.97 Å². The van der Waals surface area contributed by atoms with Gasteiger partial charge >= 0.3 is 5.97 Å². The third kappa shape index (κ3) is 3.30. The lowest BCUT2D eigenvalue weighted by atomic mass is 10.1. The molecule has 0 spiro atoms. The van der Waals surface area contributed by atoms with Gasteiger partial charge in [-0.05, 0) is 43.4 Å². The number of carbonyl (C=O) groups is 1. The van der Waals surface area contributed by atoms with E-state index in [0.717, 1.165) is 12.5 Å². The van der Waals surface area contributed by atoms with Crippen LogP contribution in [-0.2, 0) is 11.3 Å². The van der Waals surface area contributed by atoms with Crippen molar-refractivity contribution in [3.63, 3.8) is 0 Å². The molecule has 1 fully saturated rings. The molecule has 1 unspecified atom stereocenters. The zero-order chi connectivity index (χ0) is 12.3. The van der Waals surface area contributed by atoms with E-state index in [0.29, 0.717) is 11.6 Å². The second-order valence-corrected chi connectivity index (χ2v) is 4.70. The van der Waals surface area contributed by atoms with Crippen LogP contribution in [0.2, 0.25) is 0 Å². The van der Waals surface area contributed by atoms with Crippen LogP contribution in [-0.4, -0.2) is 19.1 Å². The third-order valence-electron chi connectivity index (χ3n) is 3.33. The van der Waals surface area contributed by atoms with Crippen LogP contribution in [0.1, 0.15) is 35.7 Å². The second kappa shape index (κ2) is 5.32. The molecule has 3 heteroatoms. The first-order valence-electron chi connectivity index (χ1n) is 6.11. The quantitative estimate of drug-likeness (QED) is 0.793. The van der Waals surface area contributed by atoms with Gasteiger partial charge in [0.2, 0.25) is 0 Å². The number of rotatable bonds is 5. The highest BCUT2D eigenvalue weighted by atomic mass is 16.5. The van der Waals surface area contributed by atoms with Crippen LogP contribution in [0.15, 0.2) is 24.3 Å². The summed E-state index contributed by atoms with van der Waals surface area (Å²) in [6.07, 6.45) is 2.71. The molecular formula is C14H19NO2. The van der Waals surface area contributed by atoms with Gasteiger partial charge in [-0.1, -0.05) is 12.1 Å². The highest BCUT2D eigenvalue weighted by Crippen LogP contribution is 2.32. The molecule has 92 valence electrons. The van der Waals surface area contributed by atoms with Crippen molar-refractivity contribution in [2.75, 3.05) is 7.11 Å². The molecule has 1 N–H and O–H groups in total. The van der Waals surface area contributed by atoms with Crippen LogP contribution in [0, 0.1) is 5.92 Å². The summed E-state index contributed by atoms with van der Waals surface area (Å²) in [6, 6.07) is 8.16. The molecule has 0 amide bonds. The SMILES string of the molecule is COC(=O)c1ccc(CNC(C)C2CC2)cc1. The number of ether oxygens (including phenoxy) is 1. The van der Waals surface area contributed by atoms with Gasteiger partial charge in [0.25, 0.3) is 0 Å². The summed E-state index contributed by atoms with van der Waals surface area (Å²) in [5, 5.41) is 3.51. The molecule has 0 heterocycles. The molecule has 1 aliphatic rings. The fourth-order valence-corrected chi connectivity index (χ4v) is 1.92. The van der Waals surface area contributed by atoms with E-state index in [4.69, 9.17) is 0 Å². The van der Waals surface area contributed by atoms with E-state index in [2.05, 4.69) is 17.0 Å². The fraction of sp³-hybridized carbons (Fsp3) is 0.500. The summed E-state index contributed by atoms with van der Waals surface area (Å²) < 4.78 is 4.66. The molecule has 2 rings (SSSR count). The summed E-state index contributed by atoms with van der Waals surface area (Å²) in [5.41, 5.74) is 1.80. The molecule has 3 nitrogen and oxygen atoms in total. The van der Waals surface area contributed by atoms with Gasteiger partial charge in [0.05, 0.1) is 12.7 Å². The second-order valence-electron chi connectivity index (χ2n) is 4.70. The topological polar surface area (TPSA) is 38.3 Å². The van der Waals surface area contributed by atoms with Crippen molar-refractivity contribution < 1.29 is 9.53 Å². The van der Waals surface area contributed by atoms with Crippen molar-refractivity contribution in [3.8, 4) is 0 Å². The Hall–Kier alpha value is -1.35. The molecular weight excluding hydrogens is 214 g/mol. The molecule has 0 radical (unpaired) electrons. The standard InChI is InChI=1S/C14H19NO2/c1-10(12-7-8-12)15-9-11-3-5-13(6-4-11)14(16)17-2/h3-6,10,12,15H,7-9H2,1-2H3. The van der Waals surface area contributed by atoms with Crippen LogP contribution < -0.4 is 5.32 Å². The van der Waals surface area contributed by atoms with Crippen molar-refractivity contribution in [3.05, 3.63) is 35.4 Å². The van der Waals surface area contributed by atoms with Gasteiger partial charge in [-0.3, -0.25) is 0 Å². The Bertz CT molecular complexity index is 382. The lowest BCUT2D eigenvalue weighted by Crippen LogP contribution is -2.27. The Morgan fingerprint density at radius 1 is 1.41 bits per heavy atom. The number of hydrogen-bond donors (Lipinski definition) is 1. The molecule has 0 bridgehead atoms. The molecule has 1 aromatic carbocycles. The van der Waals surface area contributed by atoms with Gasteiger partial charge in [-0.2, -0.15) is 0 Å². The van der Waals surface area contributed by atoms with E-state index in [1.165, 1.54) is 25.5 Å². The lowest BCUT2D eigenvalue weighted by Gasteiger charge is -2.12. The number of carbonyl (C=O) groups excluding carboxylic acids is 1. The average Bonchev–Trinajstić information content (AvgIpc) is 3.20. The van der Waals surface area contributed by atoms with Gasteiger partial charge in [0.15, 0.2) is 0 Å². The Morgan fingerprint density at radius 2 is 2.06 bits per heavy atom. The first-order chi connectivity index (χ1) is 8.20. The molecule has 0 aliphatic heterocycles. The van der Waals surface area contributed by atoms with E-state index in [1.807, 2.05) is 24.3 Å². The van der Waals surface area contributed by atoms with Gasteiger partial charge in [0.1, 0.15) is 0 Å². The van der Waals surface area contributed by atoms with Crippen LogP contribution in [0.4, 0.5) is 0 Å². The molecule has 0 aromatic heterocycles. The number of benzene rings is 1. The number of methoxy groups -OCH3 is 1. The first-order valence-corrected chi connectivity index (χ1v) is 6.11. The zero-order valence-electron chi connectivity index (χ0n) is 10.4. The normalized spacial score (nSPS) is 16.6. The largest absolute Gasteiger partial charge is 0.465 e. The van der Waals surface area contributed by atoms with E-state index in [9.17, 15) is 4.79 Å². The Labute approximate surface area is 102 Å². The summed E-state index contributed by atoms with van der Waals surface area (Å²) in [4.78, 5) is 11.3. The molecule has 1 aliphatic carbocycles.